The molecule has 2 amide bonds. The molecule has 0 aromatic heterocycles. The molecule has 0 radical (unpaired) electrons. The van der Waals surface area contributed by atoms with E-state index in [-0.39, 0.29) is 18.4 Å². The van der Waals surface area contributed by atoms with E-state index >= 15 is 0 Å². The zero-order valence-corrected chi connectivity index (χ0v) is 12.4. The molecular weight excluding hydrogens is 282 g/mol. The molecule has 116 valence electrons. The van der Waals surface area contributed by atoms with E-state index in [1.807, 2.05) is 29.2 Å². The van der Waals surface area contributed by atoms with Crippen molar-refractivity contribution >= 4 is 17.5 Å². The molecule has 0 unspecified atom stereocenters. The van der Waals surface area contributed by atoms with Crippen LogP contribution in [0.5, 0.6) is 5.75 Å². The van der Waals surface area contributed by atoms with Crippen molar-refractivity contribution in [1.82, 2.24) is 10.3 Å². The lowest BCUT2D eigenvalue weighted by molar-refractivity contribution is -0.132. The molecule has 1 saturated heterocycles. The number of ether oxygens (including phenoxy) is 1. The van der Waals surface area contributed by atoms with Gasteiger partial charge in [-0.05, 0) is 42.7 Å². The minimum atomic E-state index is -0.0517. The summed E-state index contributed by atoms with van der Waals surface area (Å²) in [6, 6.07) is 7.44. The first-order chi connectivity index (χ1) is 10.7. The third-order valence-corrected chi connectivity index (χ3v) is 3.91. The van der Waals surface area contributed by atoms with Crippen LogP contribution < -0.4 is 10.2 Å². The third-order valence-electron chi connectivity index (χ3n) is 3.91. The van der Waals surface area contributed by atoms with Crippen molar-refractivity contribution in [2.45, 2.75) is 25.7 Å². The Kier molecular flexibility index (Phi) is 4.37. The van der Waals surface area contributed by atoms with Crippen LogP contribution in [0, 0.1) is 0 Å². The van der Waals surface area contributed by atoms with Crippen LogP contribution in [0.3, 0.4) is 0 Å². The average Bonchev–Trinajstić information content (AvgIpc) is 3.08. The van der Waals surface area contributed by atoms with Crippen molar-refractivity contribution in [1.29, 1.82) is 0 Å². The van der Waals surface area contributed by atoms with Crippen LogP contribution in [0.4, 0.5) is 0 Å². The van der Waals surface area contributed by atoms with Gasteiger partial charge in [0.05, 0.1) is 5.71 Å². The zero-order valence-electron chi connectivity index (χ0n) is 12.4. The van der Waals surface area contributed by atoms with Gasteiger partial charge in [0.1, 0.15) is 5.75 Å². The van der Waals surface area contributed by atoms with Crippen molar-refractivity contribution in [3.05, 3.63) is 29.8 Å². The van der Waals surface area contributed by atoms with E-state index in [9.17, 15) is 9.59 Å². The van der Waals surface area contributed by atoms with E-state index in [2.05, 4.69) is 10.5 Å². The van der Waals surface area contributed by atoms with Gasteiger partial charge in [0, 0.05) is 25.9 Å². The molecule has 0 spiro atoms. The molecule has 6 heteroatoms. The van der Waals surface area contributed by atoms with Gasteiger partial charge in [-0.15, -0.1) is 0 Å². The first kappa shape index (κ1) is 14.6. The molecule has 1 aromatic carbocycles. The van der Waals surface area contributed by atoms with E-state index in [4.69, 9.17) is 4.74 Å². The monoisotopic (exact) mass is 301 g/mol. The van der Waals surface area contributed by atoms with Crippen molar-refractivity contribution < 1.29 is 14.3 Å². The first-order valence-corrected chi connectivity index (χ1v) is 7.59. The molecule has 1 aromatic rings. The van der Waals surface area contributed by atoms with Crippen LogP contribution in [0.25, 0.3) is 0 Å². The van der Waals surface area contributed by atoms with E-state index < -0.39 is 0 Å². The lowest BCUT2D eigenvalue weighted by Gasteiger charge is -2.16. The topological polar surface area (TPSA) is 71.0 Å². The Bertz CT molecular complexity index is 589. The van der Waals surface area contributed by atoms with Gasteiger partial charge in [-0.3, -0.25) is 9.59 Å². The maximum Gasteiger partial charge on any atom is 0.260 e. The van der Waals surface area contributed by atoms with E-state index in [1.165, 1.54) is 0 Å². The molecule has 22 heavy (non-hydrogen) atoms. The Hall–Kier alpha value is -2.37. The van der Waals surface area contributed by atoms with Crippen LogP contribution in [-0.4, -0.2) is 42.1 Å². The molecule has 3 rings (SSSR count). The number of carbonyl (C=O) groups excluding carboxylic acids is 2. The second-order valence-corrected chi connectivity index (χ2v) is 5.49. The maximum absolute atomic E-state index is 11.9. The molecule has 2 heterocycles. The van der Waals surface area contributed by atoms with Gasteiger partial charge < -0.3 is 9.64 Å². The summed E-state index contributed by atoms with van der Waals surface area (Å²) in [6.45, 7) is 1.76. The predicted molar refractivity (Wildman–Crippen MR) is 81.7 cm³/mol. The summed E-state index contributed by atoms with van der Waals surface area (Å²) >= 11 is 0. The molecule has 0 aliphatic carbocycles. The van der Waals surface area contributed by atoms with Crippen LogP contribution in [0.2, 0.25) is 0 Å². The summed E-state index contributed by atoms with van der Waals surface area (Å²) < 4.78 is 5.54. The molecule has 6 nitrogen and oxygen atoms in total. The molecule has 2 aliphatic heterocycles. The number of hydrazone groups is 1. The minimum Gasteiger partial charge on any atom is -0.484 e. The summed E-state index contributed by atoms with van der Waals surface area (Å²) in [5.74, 6) is 0.654. The highest BCUT2D eigenvalue weighted by atomic mass is 16.5. The lowest BCUT2D eigenvalue weighted by Crippen LogP contribution is -2.32. The highest BCUT2D eigenvalue weighted by Gasteiger charge is 2.18. The molecule has 2 aliphatic rings. The van der Waals surface area contributed by atoms with Gasteiger partial charge in [0.2, 0.25) is 5.91 Å². The number of amides is 2. The van der Waals surface area contributed by atoms with Crippen LogP contribution >= 0.6 is 0 Å². The van der Waals surface area contributed by atoms with Crippen LogP contribution in [0.15, 0.2) is 29.4 Å². The number of rotatable bonds is 4. The Morgan fingerprint density at radius 3 is 2.55 bits per heavy atom. The number of nitrogens with zero attached hydrogens (tertiary/aromatic N) is 2. The van der Waals surface area contributed by atoms with Gasteiger partial charge in [-0.25, -0.2) is 5.43 Å². The maximum atomic E-state index is 11.9. The Morgan fingerprint density at radius 2 is 1.91 bits per heavy atom. The second kappa shape index (κ2) is 6.60. The van der Waals surface area contributed by atoms with Crippen LogP contribution in [-0.2, 0) is 9.59 Å². The summed E-state index contributed by atoms with van der Waals surface area (Å²) in [6.07, 6.45) is 3.26. The smallest absolute Gasteiger partial charge is 0.260 e. The van der Waals surface area contributed by atoms with Gasteiger partial charge in [-0.1, -0.05) is 0 Å². The Balaban J connectivity index is 1.55. The standard InChI is InChI=1S/C16H19N3O3/c20-15-8-7-14(17-18-15)12-3-5-13(6-4-12)22-11-16(21)19-9-1-2-10-19/h3-6H,1-2,7-11H2,(H,18,20). The molecular formula is C16H19N3O3. The molecule has 1 fully saturated rings. The van der Waals surface area contributed by atoms with Gasteiger partial charge in [0.15, 0.2) is 6.61 Å². The number of carbonyl (C=O) groups is 2. The predicted octanol–water partition coefficient (Wildman–Crippen LogP) is 1.30. The van der Waals surface area contributed by atoms with Gasteiger partial charge in [0.25, 0.3) is 5.91 Å². The zero-order chi connectivity index (χ0) is 15.4. The Labute approximate surface area is 129 Å². The molecule has 0 saturated carbocycles. The van der Waals surface area contributed by atoms with Crippen molar-refractivity contribution in [3.8, 4) is 5.75 Å². The second-order valence-electron chi connectivity index (χ2n) is 5.49. The fourth-order valence-corrected chi connectivity index (χ4v) is 2.63. The summed E-state index contributed by atoms with van der Waals surface area (Å²) in [7, 11) is 0. The van der Waals surface area contributed by atoms with E-state index in [0.717, 1.165) is 37.2 Å². The van der Waals surface area contributed by atoms with Crippen molar-refractivity contribution in [2.75, 3.05) is 19.7 Å². The fraction of sp³-hybridized carbons (Fsp3) is 0.438. The Morgan fingerprint density at radius 1 is 1.18 bits per heavy atom. The molecule has 1 N–H and O–H groups in total. The number of hydrogen-bond acceptors (Lipinski definition) is 4. The summed E-state index contributed by atoms with van der Waals surface area (Å²) in [4.78, 5) is 24.8. The quantitative estimate of drug-likeness (QED) is 0.911. The van der Waals surface area contributed by atoms with Crippen LogP contribution in [0.1, 0.15) is 31.2 Å². The highest BCUT2D eigenvalue weighted by molar-refractivity contribution is 6.04. The number of benzene rings is 1. The van der Waals surface area contributed by atoms with Crippen molar-refractivity contribution in [3.63, 3.8) is 0 Å². The largest absolute Gasteiger partial charge is 0.484 e. The SMILES string of the molecule is O=C1CCC(c2ccc(OCC(=O)N3CCCC3)cc2)=NN1. The minimum absolute atomic E-state index is 0.0425. The third kappa shape index (κ3) is 3.44. The molecule has 0 atom stereocenters. The lowest BCUT2D eigenvalue weighted by atomic mass is 10.0. The summed E-state index contributed by atoms with van der Waals surface area (Å²) in [5.41, 5.74) is 4.30. The highest BCUT2D eigenvalue weighted by Crippen LogP contribution is 2.16. The summed E-state index contributed by atoms with van der Waals surface area (Å²) in [5, 5.41) is 4.05. The van der Waals surface area contributed by atoms with Gasteiger partial charge >= 0.3 is 0 Å². The molecule has 0 bridgehead atoms. The van der Waals surface area contributed by atoms with Gasteiger partial charge in [-0.2, -0.15) is 5.10 Å². The number of hydrogen-bond donors (Lipinski definition) is 1. The first-order valence-electron chi connectivity index (χ1n) is 7.59. The normalized spacial score (nSPS) is 17.9. The number of likely N-dealkylation sites (tertiary alicyclic amines) is 1. The van der Waals surface area contributed by atoms with E-state index in [1.54, 1.807) is 0 Å². The fourth-order valence-electron chi connectivity index (χ4n) is 2.63. The van der Waals surface area contributed by atoms with E-state index in [0.29, 0.717) is 18.6 Å². The van der Waals surface area contributed by atoms with Crippen molar-refractivity contribution in [2.24, 2.45) is 5.10 Å². The average molecular weight is 301 g/mol. The number of nitrogens with one attached hydrogen (secondary N) is 1.